The maximum Gasteiger partial charge on any atom is 0.408 e. The van der Waals surface area contributed by atoms with Crippen molar-refractivity contribution in [2.45, 2.75) is 64.6 Å². The highest BCUT2D eigenvalue weighted by molar-refractivity contribution is 7.74. The average molecular weight is 575 g/mol. The Labute approximate surface area is 235 Å². The standard InChI is InChI=1S/C27H34N4O6S2/c1-5-20-17-38-25(28-20)23(16-19-11-13-21(14-12-19)31-37-39(34)35)29-24(32)22(15-18-9-7-6-8-10-18)30-26(33)36-27(2,3)4/h6-14,17,22-23,31H,5,15-16H2,1-4H3,(H,29,32)(H,30,33)(H,34,35)/t22-,23-/m0/s1. The van der Waals surface area contributed by atoms with E-state index in [0.29, 0.717) is 12.1 Å². The van der Waals surface area contributed by atoms with Gasteiger partial charge in [0, 0.05) is 11.8 Å². The van der Waals surface area contributed by atoms with Gasteiger partial charge in [-0.2, -0.15) is 4.21 Å². The van der Waals surface area contributed by atoms with Gasteiger partial charge in [-0.1, -0.05) is 49.4 Å². The maximum atomic E-state index is 13.6. The molecule has 0 radical (unpaired) electrons. The smallest absolute Gasteiger partial charge is 0.408 e. The topological polar surface area (TPSA) is 139 Å². The fourth-order valence-corrected chi connectivity index (χ4v) is 4.77. The first kappa shape index (κ1) is 30.2. The number of aryl methyl sites for hydroxylation is 1. The molecular weight excluding hydrogens is 540 g/mol. The number of nitrogens with zero attached hydrogens (tertiary/aromatic N) is 1. The molecule has 12 heteroatoms. The van der Waals surface area contributed by atoms with Crippen LogP contribution in [-0.2, 0) is 44.4 Å². The molecule has 0 fully saturated rings. The van der Waals surface area contributed by atoms with Gasteiger partial charge in [0.1, 0.15) is 16.7 Å². The number of anilines is 1. The Balaban J connectivity index is 1.81. The van der Waals surface area contributed by atoms with Crippen molar-refractivity contribution >= 4 is 40.4 Å². The van der Waals surface area contributed by atoms with Crippen LogP contribution in [0.2, 0.25) is 0 Å². The molecule has 39 heavy (non-hydrogen) atoms. The Morgan fingerprint density at radius 3 is 2.28 bits per heavy atom. The van der Waals surface area contributed by atoms with Gasteiger partial charge in [0.05, 0.1) is 17.4 Å². The number of rotatable bonds is 12. The molecule has 1 unspecified atom stereocenters. The first-order valence-corrected chi connectivity index (χ1v) is 14.3. The number of thiazole rings is 1. The Kier molecular flexibility index (Phi) is 11.0. The monoisotopic (exact) mass is 574 g/mol. The van der Waals surface area contributed by atoms with Gasteiger partial charge in [-0.15, -0.1) is 15.6 Å². The minimum absolute atomic E-state index is 0.281. The van der Waals surface area contributed by atoms with Crippen LogP contribution in [0.3, 0.4) is 0 Å². The fraction of sp³-hybridized carbons (Fsp3) is 0.370. The van der Waals surface area contributed by atoms with Gasteiger partial charge in [0.25, 0.3) is 0 Å². The Bertz CT molecular complexity index is 1250. The summed E-state index contributed by atoms with van der Waals surface area (Å²) in [5, 5.41) is 8.53. The third-order valence-electron chi connectivity index (χ3n) is 5.46. The summed E-state index contributed by atoms with van der Waals surface area (Å²) in [7, 11) is 0. The number of aromatic nitrogens is 1. The van der Waals surface area contributed by atoms with E-state index in [0.717, 1.165) is 28.2 Å². The molecule has 10 nitrogen and oxygen atoms in total. The second-order valence-corrected chi connectivity index (χ2v) is 11.3. The molecule has 4 N–H and O–H groups in total. The lowest BCUT2D eigenvalue weighted by molar-refractivity contribution is -0.124. The summed E-state index contributed by atoms with van der Waals surface area (Å²) < 4.78 is 29.4. The van der Waals surface area contributed by atoms with Gasteiger partial charge in [-0.25, -0.2) is 15.3 Å². The lowest BCUT2D eigenvalue weighted by Crippen LogP contribution is -2.50. The van der Waals surface area contributed by atoms with Crippen LogP contribution in [0.5, 0.6) is 0 Å². The number of benzene rings is 2. The van der Waals surface area contributed by atoms with E-state index < -0.39 is 35.1 Å². The van der Waals surface area contributed by atoms with Crippen molar-refractivity contribution < 1.29 is 27.4 Å². The number of hydrogen-bond donors (Lipinski definition) is 4. The molecule has 0 aliphatic heterocycles. The van der Waals surface area contributed by atoms with Gasteiger partial charge in [-0.05, 0) is 56.9 Å². The summed E-state index contributed by atoms with van der Waals surface area (Å²) >= 11 is -0.982. The Morgan fingerprint density at radius 1 is 1.03 bits per heavy atom. The third kappa shape index (κ3) is 10.4. The molecule has 1 aromatic heterocycles. The van der Waals surface area contributed by atoms with Crippen LogP contribution >= 0.6 is 11.3 Å². The maximum absolute atomic E-state index is 13.6. The van der Waals surface area contributed by atoms with Crippen molar-refractivity contribution in [3.63, 3.8) is 0 Å². The second kappa shape index (κ2) is 14.2. The van der Waals surface area contributed by atoms with Crippen molar-refractivity contribution in [3.05, 3.63) is 81.8 Å². The fourth-order valence-electron chi connectivity index (χ4n) is 3.65. The predicted octanol–water partition coefficient (Wildman–Crippen LogP) is 4.72. The lowest BCUT2D eigenvalue weighted by atomic mass is 10.0. The van der Waals surface area contributed by atoms with Gasteiger partial charge in [-0.3, -0.25) is 9.35 Å². The highest BCUT2D eigenvalue weighted by Crippen LogP contribution is 2.24. The van der Waals surface area contributed by atoms with Crippen molar-refractivity contribution in [2.75, 3.05) is 5.48 Å². The lowest BCUT2D eigenvalue weighted by Gasteiger charge is -2.25. The van der Waals surface area contributed by atoms with Crippen LogP contribution < -0.4 is 16.1 Å². The van der Waals surface area contributed by atoms with E-state index in [4.69, 9.17) is 14.3 Å². The van der Waals surface area contributed by atoms with Gasteiger partial charge >= 0.3 is 17.5 Å². The molecule has 0 spiro atoms. The number of carbonyl (C=O) groups is 2. The molecule has 0 saturated heterocycles. The van der Waals surface area contributed by atoms with Gasteiger partial charge < -0.3 is 15.4 Å². The largest absolute Gasteiger partial charge is 0.444 e. The molecule has 2 amide bonds. The van der Waals surface area contributed by atoms with E-state index in [1.165, 1.54) is 11.3 Å². The van der Waals surface area contributed by atoms with Crippen molar-refractivity contribution in [1.82, 2.24) is 15.6 Å². The average Bonchev–Trinajstić information content (AvgIpc) is 3.36. The van der Waals surface area contributed by atoms with Crippen molar-refractivity contribution in [2.24, 2.45) is 0 Å². The molecule has 3 aromatic rings. The zero-order chi connectivity index (χ0) is 28.4. The molecule has 3 atom stereocenters. The summed E-state index contributed by atoms with van der Waals surface area (Å²) in [6.07, 6.45) is 0.802. The number of nitrogens with one attached hydrogen (secondary N) is 3. The number of ether oxygens (including phenoxy) is 1. The zero-order valence-corrected chi connectivity index (χ0v) is 23.9. The summed E-state index contributed by atoms with van der Waals surface area (Å²) in [5.74, 6) is -0.361. The second-order valence-electron chi connectivity index (χ2n) is 9.78. The molecule has 0 saturated carbocycles. The summed E-state index contributed by atoms with van der Waals surface area (Å²) in [6.45, 7) is 7.30. The van der Waals surface area contributed by atoms with E-state index in [-0.39, 0.29) is 12.3 Å². The summed E-state index contributed by atoms with van der Waals surface area (Å²) in [4.78, 5) is 30.9. The molecule has 0 bridgehead atoms. The molecule has 0 aliphatic rings. The van der Waals surface area contributed by atoms with E-state index in [2.05, 4.69) is 20.4 Å². The van der Waals surface area contributed by atoms with Crippen molar-refractivity contribution in [1.29, 1.82) is 0 Å². The number of carbonyl (C=O) groups excluding carboxylic acids is 2. The predicted molar refractivity (Wildman–Crippen MR) is 151 cm³/mol. The van der Waals surface area contributed by atoms with Crippen LogP contribution in [0.15, 0.2) is 60.0 Å². The summed E-state index contributed by atoms with van der Waals surface area (Å²) in [5.41, 5.74) is 4.88. The third-order valence-corrected chi connectivity index (χ3v) is 6.69. The number of alkyl carbamates (subject to hydrolysis) is 1. The minimum Gasteiger partial charge on any atom is -0.444 e. The van der Waals surface area contributed by atoms with E-state index in [1.807, 2.05) is 54.8 Å². The normalized spacial score (nSPS) is 13.7. The first-order valence-electron chi connectivity index (χ1n) is 12.4. The molecule has 2 aromatic carbocycles. The Hall–Kier alpha value is -3.32. The van der Waals surface area contributed by atoms with Gasteiger partial charge in [0.15, 0.2) is 0 Å². The zero-order valence-electron chi connectivity index (χ0n) is 22.3. The molecular formula is C27H34N4O6S2. The van der Waals surface area contributed by atoms with E-state index in [1.54, 1.807) is 32.9 Å². The van der Waals surface area contributed by atoms with Crippen LogP contribution in [-0.4, -0.2) is 37.4 Å². The summed E-state index contributed by atoms with van der Waals surface area (Å²) in [6, 6.07) is 15.1. The Morgan fingerprint density at radius 2 is 1.69 bits per heavy atom. The first-order chi connectivity index (χ1) is 18.5. The SMILES string of the molecule is CCc1csc([C@H](Cc2ccc(NOS(=O)O)cc2)NC(=O)[C@H](Cc2ccccc2)NC(=O)OC(C)(C)C)n1. The highest BCUT2D eigenvalue weighted by atomic mass is 32.2. The van der Waals surface area contributed by atoms with Crippen LogP contribution in [0.25, 0.3) is 0 Å². The molecule has 3 rings (SSSR count). The van der Waals surface area contributed by atoms with Crippen LogP contribution in [0.4, 0.5) is 10.5 Å². The van der Waals surface area contributed by atoms with Gasteiger partial charge in [0.2, 0.25) is 5.91 Å². The van der Waals surface area contributed by atoms with Crippen molar-refractivity contribution in [3.8, 4) is 0 Å². The molecule has 210 valence electrons. The molecule has 0 aliphatic carbocycles. The van der Waals surface area contributed by atoms with E-state index in [9.17, 15) is 13.8 Å². The molecule has 1 heterocycles. The van der Waals surface area contributed by atoms with E-state index >= 15 is 0 Å². The quantitative estimate of drug-likeness (QED) is 0.180. The number of amides is 2. The number of hydrogen-bond acceptors (Lipinski definition) is 8. The highest BCUT2D eigenvalue weighted by Gasteiger charge is 2.28. The van der Waals surface area contributed by atoms with Crippen LogP contribution in [0.1, 0.15) is 55.6 Å². The van der Waals surface area contributed by atoms with Crippen LogP contribution in [0, 0.1) is 0 Å². The minimum atomic E-state index is -2.45.